The molecule has 0 aliphatic rings. The summed E-state index contributed by atoms with van der Waals surface area (Å²) in [6.07, 6.45) is -0.0388. The molecule has 0 aliphatic heterocycles. The van der Waals surface area contributed by atoms with E-state index in [1.165, 1.54) is 13.0 Å². The number of allylic oxidation sites excluding steroid dienone is 4. The van der Waals surface area contributed by atoms with Gasteiger partial charge in [-0.3, -0.25) is 0 Å². The van der Waals surface area contributed by atoms with Gasteiger partial charge >= 0.3 is 6.18 Å². The zero-order chi connectivity index (χ0) is 12.0. The second kappa shape index (κ2) is 5.54. The number of hydrogen-bond acceptors (Lipinski definition) is 0. The van der Waals surface area contributed by atoms with Gasteiger partial charge in [-0.25, -0.2) is 0 Å². The third kappa shape index (κ3) is 3.93. The minimum Gasteiger partial charge on any atom is -0.166 e. The summed E-state index contributed by atoms with van der Waals surface area (Å²) in [5.41, 5.74) is 0.389. The first-order valence-corrected chi connectivity index (χ1v) is 4.98. The second-order valence-corrected chi connectivity index (χ2v) is 3.33. The molecule has 0 N–H and O–H groups in total. The summed E-state index contributed by atoms with van der Waals surface area (Å²) in [6.45, 7) is 1.38. The number of halogens is 3. The number of alkyl halides is 3. The number of rotatable bonds is 3. The van der Waals surface area contributed by atoms with Crippen molar-refractivity contribution in [3.63, 3.8) is 0 Å². The highest BCUT2D eigenvalue weighted by Crippen LogP contribution is 2.26. The predicted molar refractivity (Wildman–Crippen MR) is 59.1 cm³/mol. The van der Waals surface area contributed by atoms with Crippen molar-refractivity contribution in [3.05, 3.63) is 59.7 Å². The quantitative estimate of drug-likeness (QED) is 0.674. The summed E-state index contributed by atoms with van der Waals surface area (Å²) < 4.78 is 37.0. The van der Waals surface area contributed by atoms with Crippen LogP contribution in [0.4, 0.5) is 13.2 Å². The molecule has 0 spiro atoms. The summed E-state index contributed by atoms with van der Waals surface area (Å²) in [5.74, 6) is 0. The van der Waals surface area contributed by atoms with E-state index < -0.39 is 11.7 Å². The maximum atomic E-state index is 12.3. The molecule has 0 nitrogen and oxygen atoms in total. The van der Waals surface area contributed by atoms with E-state index in [4.69, 9.17) is 0 Å². The first-order chi connectivity index (χ1) is 7.54. The highest BCUT2D eigenvalue weighted by molar-refractivity contribution is 5.25. The van der Waals surface area contributed by atoms with E-state index in [2.05, 4.69) is 0 Å². The molecule has 0 heterocycles. The molecule has 1 aromatic carbocycles. The molecular weight excluding hydrogens is 213 g/mol. The molecule has 0 bridgehead atoms. The zero-order valence-electron chi connectivity index (χ0n) is 8.96. The first kappa shape index (κ1) is 12.6. The molecule has 0 saturated heterocycles. The van der Waals surface area contributed by atoms with Crippen molar-refractivity contribution in [2.45, 2.75) is 19.5 Å². The predicted octanol–water partition coefficient (Wildman–Crippen LogP) is 4.29. The van der Waals surface area contributed by atoms with Crippen LogP contribution in [0.5, 0.6) is 0 Å². The van der Waals surface area contributed by atoms with Gasteiger partial charge in [0.2, 0.25) is 0 Å². The lowest BCUT2D eigenvalue weighted by molar-refractivity contribution is -0.0883. The van der Waals surface area contributed by atoms with Crippen molar-refractivity contribution in [2.24, 2.45) is 0 Å². The second-order valence-electron chi connectivity index (χ2n) is 3.33. The topological polar surface area (TPSA) is 0 Å². The molecule has 0 saturated carbocycles. The van der Waals surface area contributed by atoms with Crippen LogP contribution in [-0.4, -0.2) is 6.18 Å². The lowest BCUT2D eigenvalue weighted by Gasteiger charge is -2.06. The molecule has 0 atom stereocenters. The van der Waals surface area contributed by atoms with E-state index in [-0.39, 0.29) is 0 Å². The highest BCUT2D eigenvalue weighted by atomic mass is 19.4. The zero-order valence-corrected chi connectivity index (χ0v) is 8.96. The Bertz CT molecular complexity index is 372. The molecule has 0 amide bonds. The molecule has 0 radical (unpaired) electrons. The van der Waals surface area contributed by atoms with E-state index >= 15 is 0 Å². The molecule has 1 rings (SSSR count). The number of benzene rings is 1. The fourth-order valence-corrected chi connectivity index (χ4v) is 1.29. The molecule has 3 heteroatoms. The number of hydrogen-bond donors (Lipinski definition) is 0. The Balaban J connectivity index is 2.62. The van der Waals surface area contributed by atoms with Crippen LogP contribution in [0.25, 0.3) is 0 Å². The van der Waals surface area contributed by atoms with Gasteiger partial charge in [-0.15, -0.1) is 0 Å². The van der Waals surface area contributed by atoms with E-state index in [0.717, 1.165) is 17.7 Å². The van der Waals surface area contributed by atoms with Crippen LogP contribution in [0.1, 0.15) is 12.5 Å². The van der Waals surface area contributed by atoms with Gasteiger partial charge in [0.1, 0.15) is 0 Å². The summed E-state index contributed by atoms with van der Waals surface area (Å²) in [4.78, 5) is 0. The van der Waals surface area contributed by atoms with E-state index in [1.54, 1.807) is 0 Å². The minimum atomic E-state index is -4.26. The summed E-state index contributed by atoms with van der Waals surface area (Å²) in [7, 11) is 0. The Labute approximate surface area is 93.1 Å². The normalized spacial score (nSPS) is 13.4. The summed E-state index contributed by atoms with van der Waals surface area (Å²) in [5, 5.41) is 0. The largest absolute Gasteiger partial charge is 0.416 e. The molecule has 0 aliphatic carbocycles. The van der Waals surface area contributed by atoms with Crippen molar-refractivity contribution in [1.29, 1.82) is 0 Å². The molecule has 0 fully saturated rings. The van der Waals surface area contributed by atoms with Gasteiger partial charge in [0, 0.05) is 0 Å². The fourth-order valence-electron chi connectivity index (χ4n) is 1.29. The van der Waals surface area contributed by atoms with Crippen LogP contribution in [0.2, 0.25) is 0 Å². The van der Waals surface area contributed by atoms with Gasteiger partial charge in [-0.05, 0) is 18.9 Å². The van der Waals surface area contributed by atoms with E-state index in [1.807, 2.05) is 30.3 Å². The first-order valence-electron chi connectivity index (χ1n) is 4.98. The maximum Gasteiger partial charge on any atom is 0.416 e. The van der Waals surface area contributed by atoms with Gasteiger partial charge < -0.3 is 0 Å². The Morgan fingerprint density at radius 2 is 1.81 bits per heavy atom. The average molecular weight is 226 g/mol. The van der Waals surface area contributed by atoms with Crippen LogP contribution in [0, 0.1) is 0 Å². The van der Waals surface area contributed by atoms with Crippen LogP contribution in [-0.2, 0) is 6.42 Å². The third-order valence-corrected chi connectivity index (χ3v) is 2.13. The van der Waals surface area contributed by atoms with Crippen molar-refractivity contribution in [1.82, 2.24) is 0 Å². The van der Waals surface area contributed by atoms with Gasteiger partial charge in [-0.1, -0.05) is 48.6 Å². The van der Waals surface area contributed by atoms with Crippen LogP contribution in [0.15, 0.2) is 54.1 Å². The van der Waals surface area contributed by atoms with Crippen molar-refractivity contribution in [2.75, 3.05) is 0 Å². The van der Waals surface area contributed by atoms with Gasteiger partial charge in [0.15, 0.2) is 0 Å². The van der Waals surface area contributed by atoms with Gasteiger partial charge in [0.25, 0.3) is 0 Å². The smallest absolute Gasteiger partial charge is 0.166 e. The molecule has 0 aromatic heterocycles. The SMILES string of the molecule is CC=C(C=CCc1ccccc1)C(F)(F)F. The minimum absolute atomic E-state index is 0.508. The van der Waals surface area contributed by atoms with Crippen molar-refractivity contribution in [3.8, 4) is 0 Å². The van der Waals surface area contributed by atoms with Crippen LogP contribution >= 0.6 is 0 Å². The van der Waals surface area contributed by atoms with Gasteiger partial charge in [-0.2, -0.15) is 13.2 Å². The van der Waals surface area contributed by atoms with Crippen LogP contribution < -0.4 is 0 Å². The third-order valence-electron chi connectivity index (χ3n) is 2.13. The average Bonchev–Trinajstić information content (AvgIpc) is 2.24. The highest BCUT2D eigenvalue weighted by Gasteiger charge is 2.30. The summed E-state index contributed by atoms with van der Waals surface area (Å²) >= 11 is 0. The Morgan fingerprint density at radius 3 is 2.31 bits per heavy atom. The Hall–Kier alpha value is -1.51. The lowest BCUT2D eigenvalue weighted by atomic mass is 10.1. The maximum absolute atomic E-state index is 12.3. The lowest BCUT2D eigenvalue weighted by Crippen LogP contribution is -2.09. The van der Waals surface area contributed by atoms with Crippen LogP contribution in [0.3, 0.4) is 0 Å². The Kier molecular flexibility index (Phi) is 4.35. The van der Waals surface area contributed by atoms with E-state index in [9.17, 15) is 13.2 Å². The monoisotopic (exact) mass is 226 g/mol. The molecule has 0 unspecified atom stereocenters. The van der Waals surface area contributed by atoms with E-state index in [0.29, 0.717) is 6.42 Å². The molecule has 16 heavy (non-hydrogen) atoms. The molecule has 86 valence electrons. The molecule has 1 aromatic rings. The Morgan fingerprint density at radius 1 is 1.19 bits per heavy atom. The standard InChI is InChI=1S/C13H13F3/c1-2-12(13(14,15)16)10-6-9-11-7-4-3-5-8-11/h2-8,10H,9H2,1H3. The summed E-state index contributed by atoms with van der Waals surface area (Å²) in [6, 6.07) is 9.37. The van der Waals surface area contributed by atoms with Gasteiger partial charge in [0.05, 0.1) is 5.57 Å². The van der Waals surface area contributed by atoms with Crippen molar-refractivity contribution < 1.29 is 13.2 Å². The van der Waals surface area contributed by atoms with Crippen molar-refractivity contribution >= 4 is 0 Å². The fraction of sp³-hybridized carbons (Fsp3) is 0.231. The molecular formula is C13H13F3.